The summed E-state index contributed by atoms with van der Waals surface area (Å²) < 4.78 is 24.3. The molecule has 1 aromatic heterocycles. The molecule has 0 radical (unpaired) electrons. The molecular weight excluding hydrogens is 302 g/mol. The molecule has 1 fully saturated rings. The van der Waals surface area contributed by atoms with Crippen LogP contribution in [0.3, 0.4) is 0 Å². The lowest BCUT2D eigenvalue weighted by Gasteiger charge is -2.10. The second kappa shape index (κ2) is 5.92. The number of carbonyl (C=O) groups excluding carboxylic acids is 1. The highest BCUT2D eigenvalue weighted by Gasteiger charge is 2.28. The van der Waals surface area contributed by atoms with Crippen molar-refractivity contribution in [3.05, 3.63) is 42.6 Å². The highest BCUT2D eigenvalue weighted by molar-refractivity contribution is 7.91. The summed E-state index contributed by atoms with van der Waals surface area (Å²) in [5.74, 6) is -0.0323. The van der Waals surface area contributed by atoms with Gasteiger partial charge in [-0.05, 0) is 12.5 Å². The van der Waals surface area contributed by atoms with Crippen LogP contribution in [0.15, 0.2) is 42.6 Å². The van der Waals surface area contributed by atoms with Gasteiger partial charge in [0.2, 0.25) is 5.91 Å². The van der Waals surface area contributed by atoms with Gasteiger partial charge in [0, 0.05) is 17.8 Å². The van der Waals surface area contributed by atoms with Gasteiger partial charge in [-0.2, -0.15) is 5.10 Å². The first-order valence-corrected chi connectivity index (χ1v) is 8.93. The lowest BCUT2D eigenvalue weighted by Crippen LogP contribution is -2.37. The molecule has 116 valence electrons. The number of hydrogen-bond donors (Lipinski definition) is 1. The van der Waals surface area contributed by atoms with Crippen LogP contribution in [0, 0.1) is 0 Å². The molecule has 1 unspecified atom stereocenters. The third-order valence-electron chi connectivity index (χ3n) is 3.61. The third-order valence-corrected chi connectivity index (χ3v) is 5.38. The van der Waals surface area contributed by atoms with E-state index < -0.39 is 9.84 Å². The van der Waals surface area contributed by atoms with Crippen LogP contribution >= 0.6 is 0 Å². The smallest absolute Gasteiger partial charge is 0.241 e. The largest absolute Gasteiger partial charge is 0.351 e. The minimum absolute atomic E-state index is 0.0348. The summed E-state index contributed by atoms with van der Waals surface area (Å²) in [6.07, 6.45) is 2.23. The Kier molecular flexibility index (Phi) is 3.98. The molecule has 0 bridgehead atoms. The van der Waals surface area contributed by atoms with E-state index >= 15 is 0 Å². The predicted molar refractivity (Wildman–Crippen MR) is 82.9 cm³/mol. The normalized spacial score (nSPS) is 19.9. The molecular formula is C15H17N3O3S. The van der Waals surface area contributed by atoms with Crippen LogP contribution in [0.5, 0.6) is 0 Å². The van der Waals surface area contributed by atoms with Crippen molar-refractivity contribution in [2.45, 2.75) is 19.0 Å². The van der Waals surface area contributed by atoms with E-state index in [9.17, 15) is 13.2 Å². The highest BCUT2D eigenvalue weighted by Crippen LogP contribution is 2.16. The Bertz CT molecular complexity index is 768. The molecule has 0 spiro atoms. The molecule has 1 saturated heterocycles. The fourth-order valence-corrected chi connectivity index (χ4v) is 4.22. The van der Waals surface area contributed by atoms with Crippen molar-refractivity contribution < 1.29 is 13.2 Å². The zero-order valence-electron chi connectivity index (χ0n) is 12.0. The lowest BCUT2D eigenvalue weighted by molar-refractivity contribution is -0.122. The Labute approximate surface area is 129 Å². The number of carbonyl (C=O) groups is 1. The van der Waals surface area contributed by atoms with Crippen LogP contribution in [0.25, 0.3) is 11.3 Å². The van der Waals surface area contributed by atoms with E-state index in [1.165, 1.54) is 0 Å². The van der Waals surface area contributed by atoms with Crippen molar-refractivity contribution in [1.29, 1.82) is 0 Å². The summed E-state index contributed by atoms with van der Waals surface area (Å²) >= 11 is 0. The number of amides is 1. The van der Waals surface area contributed by atoms with E-state index in [2.05, 4.69) is 10.4 Å². The van der Waals surface area contributed by atoms with Crippen LogP contribution in [-0.4, -0.2) is 41.7 Å². The number of nitrogens with zero attached hydrogens (tertiary/aromatic N) is 2. The van der Waals surface area contributed by atoms with Crippen LogP contribution in [0.4, 0.5) is 0 Å². The molecule has 2 heterocycles. The second-order valence-corrected chi connectivity index (χ2v) is 7.66. The van der Waals surface area contributed by atoms with E-state index in [0.717, 1.165) is 11.3 Å². The van der Waals surface area contributed by atoms with Gasteiger partial charge in [-0.15, -0.1) is 0 Å². The maximum Gasteiger partial charge on any atom is 0.241 e. The molecule has 2 aromatic rings. The Morgan fingerprint density at radius 1 is 1.27 bits per heavy atom. The summed E-state index contributed by atoms with van der Waals surface area (Å²) in [6, 6.07) is 11.3. The summed E-state index contributed by atoms with van der Waals surface area (Å²) in [4.78, 5) is 12.0. The van der Waals surface area contributed by atoms with Crippen LogP contribution in [0.1, 0.15) is 6.42 Å². The maximum atomic E-state index is 12.0. The molecule has 0 aliphatic carbocycles. The molecule has 22 heavy (non-hydrogen) atoms. The molecule has 1 amide bonds. The number of aromatic nitrogens is 2. The fourth-order valence-electron chi connectivity index (χ4n) is 2.54. The van der Waals surface area contributed by atoms with Crippen molar-refractivity contribution in [2.24, 2.45) is 0 Å². The minimum Gasteiger partial charge on any atom is -0.351 e. The molecule has 3 rings (SSSR count). The first kappa shape index (κ1) is 14.8. The Balaban J connectivity index is 1.60. The van der Waals surface area contributed by atoms with Crippen molar-refractivity contribution in [1.82, 2.24) is 15.1 Å². The Hall–Kier alpha value is -2.15. The average molecular weight is 319 g/mol. The van der Waals surface area contributed by atoms with Crippen molar-refractivity contribution in [3.63, 3.8) is 0 Å². The van der Waals surface area contributed by atoms with E-state index in [0.29, 0.717) is 6.42 Å². The highest BCUT2D eigenvalue weighted by atomic mass is 32.2. The van der Waals surface area contributed by atoms with Gasteiger partial charge in [-0.1, -0.05) is 30.3 Å². The fraction of sp³-hybridized carbons (Fsp3) is 0.333. The minimum atomic E-state index is -2.98. The van der Waals surface area contributed by atoms with E-state index in [1.54, 1.807) is 10.9 Å². The second-order valence-electron chi connectivity index (χ2n) is 5.43. The number of sulfone groups is 1. The van der Waals surface area contributed by atoms with E-state index in [-0.39, 0.29) is 30.0 Å². The maximum absolute atomic E-state index is 12.0. The summed E-state index contributed by atoms with van der Waals surface area (Å²) in [6.45, 7) is 0.0867. The van der Waals surface area contributed by atoms with Gasteiger partial charge in [-0.25, -0.2) is 8.42 Å². The van der Waals surface area contributed by atoms with Gasteiger partial charge in [0.1, 0.15) is 6.54 Å². The van der Waals surface area contributed by atoms with Crippen LogP contribution in [0.2, 0.25) is 0 Å². The van der Waals surface area contributed by atoms with Gasteiger partial charge in [0.05, 0.1) is 17.2 Å². The quantitative estimate of drug-likeness (QED) is 0.906. The van der Waals surface area contributed by atoms with Crippen LogP contribution in [-0.2, 0) is 21.2 Å². The molecule has 1 aromatic carbocycles. The Morgan fingerprint density at radius 3 is 2.73 bits per heavy atom. The first-order chi connectivity index (χ1) is 10.5. The molecule has 1 N–H and O–H groups in total. The van der Waals surface area contributed by atoms with Crippen molar-refractivity contribution in [2.75, 3.05) is 11.5 Å². The molecule has 1 aliphatic heterocycles. The number of hydrogen-bond acceptors (Lipinski definition) is 4. The lowest BCUT2D eigenvalue weighted by atomic mass is 10.2. The zero-order valence-corrected chi connectivity index (χ0v) is 12.8. The van der Waals surface area contributed by atoms with Gasteiger partial charge >= 0.3 is 0 Å². The number of nitrogens with one attached hydrogen (secondary N) is 1. The van der Waals surface area contributed by atoms with E-state index in [4.69, 9.17) is 0 Å². The molecule has 6 nitrogen and oxygen atoms in total. The zero-order chi connectivity index (χ0) is 15.6. The van der Waals surface area contributed by atoms with Crippen molar-refractivity contribution in [3.8, 4) is 11.3 Å². The van der Waals surface area contributed by atoms with E-state index in [1.807, 2.05) is 36.4 Å². The van der Waals surface area contributed by atoms with Gasteiger partial charge < -0.3 is 5.32 Å². The number of rotatable bonds is 4. The molecule has 1 aliphatic rings. The average Bonchev–Trinajstić information content (AvgIpc) is 3.06. The standard InChI is InChI=1S/C15H17N3O3S/c19-15(16-13-7-9-22(20,21)11-13)10-18-8-6-14(17-18)12-4-2-1-3-5-12/h1-6,8,13H,7,9-11H2,(H,16,19). The van der Waals surface area contributed by atoms with Gasteiger partial charge in [-0.3, -0.25) is 9.48 Å². The molecule has 0 saturated carbocycles. The van der Waals surface area contributed by atoms with Gasteiger partial charge in [0.25, 0.3) is 0 Å². The topological polar surface area (TPSA) is 81.1 Å². The first-order valence-electron chi connectivity index (χ1n) is 7.10. The summed E-state index contributed by atoms with van der Waals surface area (Å²) in [5, 5.41) is 7.11. The van der Waals surface area contributed by atoms with Gasteiger partial charge in [0.15, 0.2) is 9.84 Å². The summed E-state index contributed by atoms with van der Waals surface area (Å²) in [5.41, 5.74) is 1.79. The number of benzene rings is 1. The van der Waals surface area contributed by atoms with Crippen LogP contribution < -0.4 is 5.32 Å². The SMILES string of the molecule is O=C(Cn1ccc(-c2ccccc2)n1)NC1CCS(=O)(=O)C1. The predicted octanol–water partition coefficient (Wildman–Crippen LogP) is 0.853. The van der Waals surface area contributed by atoms with Crippen molar-refractivity contribution >= 4 is 15.7 Å². The Morgan fingerprint density at radius 2 is 2.05 bits per heavy atom. The third kappa shape index (κ3) is 3.54. The molecule has 7 heteroatoms. The summed E-state index contributed by atoms with van der Waals surface area (Å²) in [7, 11) is -2.98. The monoisotopic (exact) mass is 319 g/mol. The molecule has 1 atom stereocenters.